The van der Waals surface area contributed by atoms with E-state index in [1.165, 1.54) is 0 Å². The zero-order valence-corrected chi connectivity index (χ0v) is 23.5. The lowest BCUT2D eigenvalue weighted by Crippen LogP contribution is -2.74. The molecular formula is C31H33ClN2O5. The molecule has 1 aliphatic heterocycles. The van der Waals surface area contributed by atoms with Crippen molar-refractivity contribution < 1.29 is 24.2 Å². The molecule has 1 heterocycles. The second kappa shape index (κ2) is 11.3. The summed E-state index contributed by atoms with van der Waals surface area (Å²) in [6.07, 6.45) is 2.07. The average Bonchev–Trinajstić information content (AvgIpc) is 3.18. The maximum atomic E-state index is 13.6. The molecule has 8 heteroatoms. The number of benzene rings is 2. The summed E-state index contributed by atoms with van der Waals surface area (Å²) in [4.78, 5) is 26.0. The van der Waals surface area contributed by atoms with Gasteiger partial charge in [-0.1, -0.05) is 57.2 Å². The van der Waals surface area contributed by atoms with Crippen LogP contribution in [0, 0.1) is 34.0 Å². The third kappa shape index (κ3) is 5.76. The molecule has 1 fully saturated rings. The Morgan fingerprint density at radius 1 is 1.15 bits per heavy atom. The van der Waals surface area contributed by atoms with E-state index in [2.05, 4.69) is 45.6 Å². The zero-order chi connectivity index (χ0) is 28.4. The highest BCUT2D eigenvalue weighted by atomic mass is 35.5. The van der Waals surface area contributed by atoms with Gasteiger partial charge in [0, 0.05) is 53.6 Å². The number of carbonyl (C=O) groups is 2. The standard InChI is InChI=1S/C31H33ClN2O5/c1-30(2)28(31(3,4)29(30)39-23-13-12-21(17-33)25(32)16-23)34-18-22-11-10-20(15-24(22)27(34)37)9-7-5-6-8-14-38-19-26(35)36/h10-13,15-16,28-29H,5-6,8,14,18-19H2,1-4H3,(H,35,36). The van der Waals surface area contributed by atoms with Crippen molar-refractivity contribution in [2.24, 2.45) is 10.8 Å². The lowest BCUT2D eigenvalue weighted by atomic mass is 9.49. The van der Waals surface area contributed by atoms with E-state index in [9.17, 15) is 9.59 Å². The Morgan fingerprint density at radius 3 is 2.56 bits per heavy atom. The molecule has 1 saturated carbocycles. The van der Waals surface area contributed by atoms with Gasteiger partial charge in [0.15, 0.2) is 0 Å². The van der Waals surface area contributed by atoms with E-state index in [0.29, 0.717) is 41.5 Å². The largest absolute Gasteiger partial charge is 0.489 e. The van der Waals surface area contributed by atoms with Crippen molar-refractivity contribution in [3.8, 4) is 23.7 Å². The molecule has 1 amide bonds. The minimum atomic E-state index is -0.967. The Bertz CT molecular complexity index is 1370. The summed E-state index contributed by atoms with van der Waals surface area (Å²) >= 11 is 6.22. The molecule has 2 aromatic rings. The second-order valence-electron chi connectivity index (χ2n) is 11.3. The third-order valence-electron chi connectivity index (χ3n) is 7.63. The SMILES string of the molecule is CC1(C)C(Oc2ccc(C#N)c(Cl)c2)C(C)(C)C1N1Cc2ccc(C#CCCCCOCC(=O)O)cc2C1=O. The van der Waals surface area contributed by atoms with Gasteiger partial charge in [0.2, 0.25) is 0 Å². The number of hydrogen-bond acceptors (Lipinski definition) is 5. The van der Waals surface area contributed by atoms with Crippen molar-refractivity contribution in [1.29, 1.82) is 5.26 Å². The fourth-order valence-corrected chi connectivity index (χ4v) is 6.58. The number of nitrogens with zero attached hydrogens (tertiary/aromatic N) is 2. The van der Waals surface area contributed by atoms with Crippen LogP contribution in [0.1, 0.15) is 74.0 Å². The number of aliphatic carboxylic acids is 1. The Labute approximate surface area is 234 Å². The fourth-order valence-electron chi connectivity index (χ4n) is 6.36. The molecule has 0 bridgehead atoms. The first kappa shape index (κ1) is 28.5. The molecule has 2 aromatic carbocycles. The molecule has 2 aliphatic rings. The summed E-state index contributed by atoms with van der Waals surface area (Å²) in [6.45, 7) is 9.17. The van der Waals surface area contributed by atoms with Crippen LogP contribution in [0.5, 0.6) is 5.75 Å². The summed E-state index contributed by atoms with van der Waals surface area (Å²) < 4.78 is 11.4. The number of carbonyl (C=O) groups excluding carboxylic acids is 1. The zero-order valence-electron chi connectivity index (χ0n) is 22.7. The van der Waals surface area contributed by atoms with Crippen LogP contribution in [0.3, 0.4) is 0 Å². The highest BCUT2D eigenvalue weighted by Crippen LogP contribution is 2.59. The van der Waals surface area contributed by atoms with E-state index in [0.717, 1.165) is 24.0 Å². The third-order valence-corrected chi connectivity index (χ3v) is 7.94. The molecule has 0 aromatic heterocycles. The molecule has 0 saturated heterocycles. The number of carboxylic acid groups (broad SMARTS) is 1. The molecular weight excluding hydrogens is 516 g/mol. The topological polar surface area (TPSA) is 99.9 Å². The number of amides is 1. The van der Waals surface area contributed by atoms with Gasteiger partial charge in [-0.3, -0.25) is 4.79 Å². The van der Waals surface area contributed by atoms with Crippen molar-refractivity contribution in [1.82, 2.24) is 4.90 Å². The Balaban J connectivity index is 1.40. The van der Waals surface area contributed by atoms with Gasteiger partial charge >= 0.3 is 5.97 Å². The van der Waals surface area contributed by atoms with Gasteiger partial charge in [-0.25, -0.2) is 4.79 Å². The molecule has 39 heavy (non-hydrogen) atoms. The van der Waals surface area contributed by atoms with Gasteiger partial charge in [0.25, 0.3) is 5.91 Å². The Kier molecular flexibility index (Phi) is 8.25. The first-order valence-corrected chi connectivity index (χ1v) is 13.4. The van der Waals surface area contributed by atoms with E-state index in [4.69, 9.17) is 31.4 Å². The van der Waals surface area contributed by atoms with Crippen LogP contribution in [-0.4, -0.2) is 47.2 Å². The number of fused-ring (bicyclic) bond motifs is 1. The number of hydrogen-bond donors (Lipinski definition) is 1. The van der Waals surface area contributed by atoms with Crippen LogP contribution >= 0.6 is 11.6 Å². The maximum absolute atomic E-state index is 13.6. The number of halogens is 1. The molecule has 0 unspecified atom stereocenters. The molecule has 0 spiro atoms. The van der Waals surface area contributed by atoms with Crippen molar-refractivity contribution >= 4 is 23.5 Å². The lowest BCUT2D eigenvalue weighted by molar-refractivity contribution is -0.199. The lowest BCUT2D eigenvalue weighted by Gasteiger charge is -2.65. The molecule has 1 aliphatic carbocycles. The minimum absolute atomic E-state index is 0.00949. The van der Waals surface area contributed by atoms with Crippen molar-refractivity contribution in [2.75, 3.05) is 13.2 Å². The molecule has 1 N–H and O–H groups in total. The summed E-state index contributed by atoms with van der Waals surface area (Å²) in [7, 11) is 0. The quantitative estimate of drug-likeness (QED) is 0.320. The fraction of sp³-hybridized carbons (Fsp3) is 0.452. The average molecular weight is 549 g/mol. The van der Waals surface area contributed by atoms with Crippen molar-refractivity contribution in [2.45, 2.75) is 65.6 Å². The van der Waals surface area contributed by atoms with E-state index >= 15 is 0 Å². The van der Waals surface area contributed by atoms with Crippen LogP contribution in [0.2, 0.25) is 5.02 Å². The molecule has 7 nitrogen and oxygen atoms in total. The van der Waals surface area contributed by atoms with Gasteiger partial charge in [0.1, 0.15) is 24.5 Å². The van der Waals surface area contributed by atoms with Crippen LogP contribution < -0.4 is 4.74 Å². The summed E-state index contributed by atoms with van der Waals surface area (Å²) in [5.41, 5.74) is 2.25. The van der Waals surface area contributed by atoms with Gasteiger partial charge in [-0.05, 0) is 42.7 Å². The van der Waals surface area contributed by atoms with Crippen LogP contribution in [0.15, 0.2) is 36.4 Å². The van der Waals surface area contributed by atoms with E-state index in [-0.39, 0.29) is 35.5 Å². The van der Waals surface area contributed by atoms with Crippen LogP contribution in [-0.2, 0) is 16.1 Å². The Hall–Kier alpha value is -3.52. The second-order valence-corrected chi connectivity index (χ2v) is 11.7. The van der Waals surface area contributed by atoms with Crippen molar-refractivity contribution in [3.05, 3.63) is 63.7 Å². The number of unbranched alkanes of at least 4 members (excludes halogenated alkanes) is 2. The summed E-state index contributed by atoms with van der Waals surface area (Å²) in [6, 6.07) is 12.9. The normalized spacial score (nSPS) is 20.3. The monoisotopic (exact) mass is 548 g/mol. The maximum Gasteiger partial charge on any atom is 0.329 e. The molecule has 204 valence electrons. The predicted molar refractivity (Wildman–Crippen MR) is 147 cm³/mol. The van der Waals surface area contributed by atoms with E-state index < -0.39 is 5.97 Å². The van der Waals surface area contributed by atoms with Gasteiger partial charge in [-0.2, -0.15) is 5.26 Å². The van der Waals surface area contributed by atoms with E-state index in [1.54, 1.807) is 18.2 Å². The first-order chi connectivity index (χ1) is 18.5. The van der Waals surface area contributed by atoms with Crippen LogP contribution in [0.4, 0.5) is 0 Å². The summed E-state index contributed by atoms with van der Waals surface area (Å²) in [5.74, 6) is 5.94. The van der Waals surface area contributed by atoms with Crippen LogP contribution in [0.25, 0.3) is 0 Å². The Morgan fingerprint density at radius 2 is 1.90 bits per heavy atom. The highest BCUT2D eigenvalue weighted by Gasteiger charge is 2.66. The smallest absolute Gasteiger partial charge is 0.329 e. The number of nitriles is 1. The predicted octanol–water partition coefficient (Wildman–Crippen LogP) is 5.67. The van der Waals surface area contributed by atoms with Gasteiger partial charge < -0.3 is 19.5 Å². The summed E-state index contributed by atoms with van der Waals surface area (Å²) in [5, 5.41) is 18.1. The minimum Gasteiger partial charge on any atom is -0.489 e. The van der Waals surface area contributed by atoms with Gasteiger partial charge in [-0.15, -0.1) is 0 Å². The first-order valence-electron chi connectivity index (χ1n) is 13.1. The number of carboxylic acids is 1. The van der Waals surface area contributed by atoms with Crippen molar-refractivity contribution in [3.63, 3.8) is 0 Å². The number of rotatable bonds is 9. The highest BCUT2D eigenvalue weighted by molar-refractivity contribution is 6.31. The number of ether oxygens (including phenoxy) is 2. The molecule has 0 radical (unpaired) electrons. The van der Waals surface area contributed by atoms with Gasteiger partial charge in [0.05, 0.1) is 10.6 Å². The molecule has 0 atom stereocenters. The molecule has 4 rings (SSSR count). The van der Waals surface area contributed by atoms with E-state index in [1.807, 2.05) is 23.1 Å².